The molecule has 3 unspecified atom stereocenters. The lowest BCUT2D eigenvalue weighted by molar-refractivity contribution is -0.300. The number of amides is 1. The van der Waals surface area contributed by atoms with E-state index in [0.717, 1.165) is 11.1 Å². The number of aliphatic hydroxyl groups is 4. The third-order valence-corrected chi connectivity index (χ3v) is 5.02. The number of aliphatic hydroxyl groups excluding tert-OH is 4. The first-order valence-corrected chi connectivity index (χ1v) is 10.2. The van der Waals surface area contributed by atoms with Crippen LogP contribution in [0.4, 0.5) is 4.79 Å². The molecular formula is C21H33NO8. The number of benzene rings is 1. The molecule has 2 rings (SSSR count). The van der Waals surface area contributed by atoms with Crippen LogP contribution in [0.5, 0.6) is 5.75 Å². The number of rotatable bonds is 8. The smallest absolute Gasteiger partial charge is 0.410 e. The minimum Gasteiger partial charge on any atom is -0.410 e. The molecule has 0 aromatic heterocycles. The van der Waals surface area contributed by atoms with Crippen LogP contribution < -0.4 is 10.1 Å². The number of carbonyl (C=O) groups is 1. The van der Waals surface area contributed by atoms with E-state index in [1.807, 2.05) is 45.9 Å². The maximum absolute atomic E-state index is 12.3. The lowest BCUT2D eigenvalue weighted by Crippen LogP contribution is -2.59. The molecule has 5 atom stereocenters. The highest BCUT2D eigenvalue weighted by Gasteiger charge is 2.43. The molecule has 170 valence electrons. The van der Waals surface area contributed by atoms with Crippen molar-refractivity contribution >= 4 is 6.09 Å². The first-order valence-electron chi connectivity index (χ1n) is 10.2. The molecule has 1 amide bonds. The number of para-hydroxylation sites is 1. The second-order valence-electron chi connectivity index (χ2n) is 7.96. The lowest BCUT2D eigenvalue weighted by atomic mass is 9.94. The molecule has 0 radical (unpaired) electrons. The van der Waals surface area contributed by atoms with Gasteiger partial charge in [0.1, 0.15) is 30.2 Å². The standard InChI is InChI=1S/C21H33NO8/c1-11(2)13-6-5-7-14(12(3)4)19(13)30-21(27)22-8-9-28-20-18(26)17(25)16(24)15(10-23)29-20/h5-7,11-12,15-18,20,23-26H,8-10H2,1-4H3,(H,22,27)/t15?,16-,17?,18-,20?/m1/s1. The second-order valence-corrected chi connectivity index (χ2v) is 7.96. The molecule has 1 aromatic carbocycles. The normalized spacial score (nSPS) is 26.8. The number of hydrogen-bond acceptors (Lipinski definition) is 8. The Balaban J connectivity index is 1.89. The van der Waals surface area contributed by atoms with Gasteiger partial charge in [0.15, 0.2) is 6.29 Å². The molecule has 0 aliphatic carbocycles. The van der Waals surface area contributed by atoms with Crippen molar-refractivity contribution in [3.05, 3.63) is 29.3 Å². The molecule has 9 nitrogen and oxygen atoms in total. The Kier molecular flexibility index (Phi) is 9.02. The molecule has 0 spiro atoms. The Hall–Kier alpha value is -1.75. The van der Waals surface area contributed by atoms with E-state index in [4.69, 9.17) is 14.2 Å². The van der Waals surface area contributed by atoms with E-state index in [0.29, 0.717) is 5.75 Å². The van der Waals surface area contributed by atoms with Gasteiger partial charge in [-0.2, -0.15) is 0 Å². The molecule has 0 saturated carbocycles. The highest BCUT2D eigenvalue weighted by molar-refractivity contribution is 5.71. The Morgan fingerprint density at radius 1 is 1.07 bits per heavy atom. The molecule has 1 fully saturated rings. The summed E-state index contributed by atoms with van der Waals surface area (Å²) in [5.41, 5.74) is 1.88. The Labute approximate surface area is 176 Å². The number of carbonyl (C=O) groups excluding carboxylic acids is 1. The van der Waals surface area contributed by atoms with Crippen LogP contribution in [0.3, 0.4) is 0 Å². The van der Waals surface area contributed by atoms with Crippen molar-refractivity contribution in [2.45, 2.75) is 70.2 Å². The Morgan fingerprint density at radius 2 is 1.67 bits per heavy atom. The number of ether oxygens (including phenoxy) is 3. The Morgan fingerprint density at radius 3 is 2.20 bits per heavy atom. The quantitative estimate of drug-likeness (QED) is 0.385. The highest BCUT2D eigenvalue weighted by Crippen LogP contribution is 2.34. The van der Waals surface area contributed by atoms with E-state index in [1.165, 1.54) is 0 Å². The average Bonchev–Trinajstić information content (AvgIpc) is 2.70. The third-order valence-electron chi connectivity index (χ3n) is 5.02. The summed E-state index contributed by atoms with van der Waals surface area (Å²) in [6, 6.07) is 5.81. The second kappa shape index (κ2) is 11.0. The van der Waals surface area contributed by atoms with Crippen LogP contribution >= 0.6 is 0 Å². The summed E-state index contributed by atoms with van der Waals surface area (Å²) in [7, 11) is 0. The largest absolute Gasteiger partial charge is 0.412 e. The zero-order valence-corrected chi connectivity index (χ0v) is 17.8. The zero-order valence-electron chi connectivity index (χ0n) is 17.8. The summed E-state index contributed by atoms with van der Waals surface area (Å²) in [4.78, 5) is 12.3. The van der Waals surface area contributed by atoms with Crippen molar-refractivity contribution in [2.75, 3.05) is 19.8 Å². The van der Waals surface area contributed by atoms with Gasteiger partial charge in [-0.15, -0.1) is 0 Å². The van der Waals surface area contributed by atoms with E-state index in [9.17, 15) is 25.2 Å². The topological polar surface area (TPSA) is 138 Å². The molecule has 1 aliphatic heterocycles. The molecule has 1 heterocycles. The van der Waals surface area contributed by atoms with E-state index >= 15 is 0 Å². The molecular weight excluding hydrogens is 394 g/mol. The van der Waals surface area contributed by atoms with Crippen LogP contribution in [-0.4, -0.2) is 77.0 Å². The van der Waals surface area contributed by atoms with Crippen LogP contribution in [0.15, 0.2) is 18.2 Å². The summed E-state index contributed by atoms with van der Waals surface area (Å²) in [6.07, 6.45) is -7.38. The first kappa shape index (κ1) is 24.5. The average molecular weight is 427 g/mol. The van der Waals surface area contributed by atoms with Crippen molar-refractivity contribution in [1.82, 2.24) is 5.32 Å². The van der Waals surface area contributed by atoms with E-state index in [-0.39, 0.29) is 25.0 Å². The van der Waals surface area contributed by atoms with Gasteiger partial charge in [0.2, 0.25) is 0 Å². The molecule has 1 aromatic rings. The highest BCUT2D eigenvalue weighted by atomic mass is 16.7. The van der Waals surface area contributed by atoms with Gasteiger partial charge in [-0.3, -0.25) is 0 Å². The van der Waals surface area contributed by atoms with Gasteiger partial charge < -0.3 is 40.0 Å². The predicted octanol–water partition coefficient (Wildman–Crippen LogP) is 0.838. The fourth-order valence-corrected chi connectivity index (χ4v) is 3.26. The fraction of sp³-hybridized carbons (Fsp3) is 0.667. The van der Waals surface area contributed by atoms with Crippen molar-refractivity contribution in [1.29, 1.82) is 0 Å². The molecule has 1 aliphatic rings. The van der Waals surface area contributed by atoms with Gasteiger partial charge in [-0.25, -0.2) is 4.79 Å². The summed E-state index contributed by atoms with van der Waals surface area (Å²) >= 11 is 0. The summed E-state index contributed by atoms with van der Waals surface area (Å²) in [5.74, 6) is 0.914. The summed E-state index contributed by atoms with van der Waals surface area (Å²) in [6.45, 7) is 7.59. The number of nitrogens with one attached hydrogen (secondary N) is 1. The third kappa shape index (κ3) is 5.90. The molecule has 0 bridgehead atoms. The van der Waals surface area contributed by atoms with E-state index in [2.05, 4.69) is 5.32 Å². The van der Waals surface area contributed by atoms with Crippen LogP contribution in [0.1, 0.15) is 50.7 Å². The molecule has 9 heteroatoms. The van der Waals surface area contributed by atoms with Gasteiger partial charge in [0.25, 0.3) is 0 Å². The molecule has 1 saturated heterocycles. The van der Waals surface area contributed by atoms with Crippen molar-refractivity contribution in [2.24, 2.45) is 0 Å². The van der Waals surface area contributed by atoms with Gasteiger partial charge in [0.05, 0.1) is 13.2 Å². The van der Waals surface area contributed by atoms with Gasteiger partial charge in [-0.05, 0) is 23.0 Å². The van der Waals surface area contributed by atoms with Gasteiger partial charge >= 0.3 is 6.09 Å². The molecule has 30 heavy (non-hydrogen) atoms. The SMILES string of the molecule is CC(C)c1cccc(C(C)C)c1OC(=O)NCCOC1OC(CO)[C@@H](O)C(O)[C@H]1O. The summed E-state index contributed by atoms with van der Waals surface area (Å²) in [5, 5.41) is 41.2. The lowest BCUT2D eigenvalue weighted by Gasteiger charge is -2.39. The minimum absolute atomic E-state index is 0.0410. The van der Waals surface area contributed by atoms with Gasteiger partial charge in [0, 0.05) is 6.54 Å². The van der Waals surface area contributed by atoms with E-state index < -0.39 is 43.4 Å². The van der Waals surface area contributed by atoms with Crippen LogP contribution in [0.25, 0.3) is 0 Å². The maximum Gasteiger partial charge on any atom is 0.412 e. The number of hydrogen-bond donors (Lipinski definition) is 5. The summed E-state index contributed by atoms with van der Waals surface area (Å²) < 4.78 is 16.2. The molecule has 5 N–H and O–H groups in total. The van der Waals surface area contributed by atoms with Crippen molar-refractivity contribution in [3.63, 3.8) is 0 Å². The monoisotopic (exact) mass is 427 g/mol. The van der Waals surface area contributed by atoms with Crippen molar-refractivity contribution in [3.8, 4) is 5.75 Å². The maximum atomic E-state index is 12.3. The van der Waals surface area contributed by atoms with Crippen molar-refractivity contribution < 1.29 is 39.4 Å². The van der Waals surface area contributed by atoms with E-state index in [1.54, 1.807) is 0 Å². The first-order chi connectivity index (χ1) is 14.2. The predicted molar refractivity (Wildman–Crippen MR) is 108 cm³/mol. The fourth-order valence-electron chi connectivity index (χ4n) is 3.26. The zero-order chi connectivity index (χ0) is 22.4. The van der Waals surface area contributed by atoms with Crippen LogP contribution in [0.2, 0.25) is 0 Å². The van der Waals surface area contributed by atoms with Gasteiger partial charge in [-0.1, -0.05) is 45.9 Å². The Bertz CT molecular complexity index is 667. The minimum atomic E-state index is -1.51. The van der Waals surface area contributed by atoms with Crippen LogP contribution in [0, 0.1) is 0 Å². The van der Waals surface area contributed by atoms with Crippen LogP contribution in [-0.2, 0) is 9.47 Å².